The number of nitrogens with one attached hydrogen (secondary N) is 1. The maximum atomic E-state index is 12.5. The summed E-state index contributed by atoms with van der Waals surface area (Å²) >= 11 is 0. The molecule has 0 aromatic heterocycles. The molecule has 0 bridgehead atoms. The average Bonchev–Trinajstić information content (AvgIpc) is 2.47. The molecule has 1 aliphatic heterocycles. The minimum atomic E-state index is -3.59. The van der Waals surface area contributed by atoms with Crippen molar-refractivity contribution in [2.24, 2.45) is 11.7 Å². The van der Waals surface area contributed by atoms with E-state index in [9.17, 15) is 18.0 Å². The third-order valence-electron chi connectivity index (χ3n) is 3.67. The molecule has 2 amide bonds. The Morgan fingerprint density at radius 1 is 1.18 bits per heavy atom. The molecule has 1 aliphatic rings. The molecule has 22 heavy (non-hydrogen) atoms. The number of rotatable bonds is 4. The molecule has 0 atom stereocenters. The van der Waals surface area contributed by atoms with Gasteiger partial charge in [-0.05, 0) is 37.1 Å². The lowest BCUT2D eigenvalue weighted by atomic mass is 9.98. The molecule has 3 N–H and O–H groups in total. The van der Waals surface area contributed by atoms with Crippen LogP contribution in [0.5, 0.6) is 0 Å². The van der Waals surface area contributed by atoms with Crippen LogP contribution in [-0.2, 0) is 19.6 Å². The Kier molecular flexibility index (Phi) is 4.82. The van der Waals surface area contributed by atoms with Gasteiger partial charge >= 0.3 is 0 Å². The van der Waals surface area contributed by atoms with E-state index in [1.54, 1.807) is 12.1 Å². The van der Waals surface area contributed by atoms with Crippen LogP contribution < -0.4 is 11.1 Å². The summed E-state index contributed by atoms with van der Waals surface area (Å²) in [4.78, 5) is 22.2. The van der Waals surface area contributed by atoms with E-state index in [0.29, 0.717) is 18.5 Å². The van der Waals surface area contributed by atoms with Crippen LogP contribution in [0, 0.1) is 5.92 Å². The largest absolute Gasteiger partial charge is 0.369 e. The molecular weight excluding hydrogens is 306 g/mol. The standard InChI is InChI=1S/C14H19N3O4S/c1-10(18)16-12-2-4-13(5-3-12)22(20,21)17-8-6-11(7-9-17)14(15)19/h2-5,11H,6-9H2,1H3,(H2,15,19)(H,16,18). The highest BCUT2D eigenvalue weighted by Crippen LogP contribution is 2.24. The molecule has 0 spiro atoms. The first-order valence-electron chi connectivity index (χ1n) is 6.98. The van der Waals surface area contributed by atoms with Crippen molar-refractivity contribution in [3.63, 3.8) is 0 Å². The highest BCUT2D eigenvalue weighted by Gasteiger charge is 2.31. The second kappa shape index (κ2) is 6.45. The van der Waals surface area contributed by atoms with Crippen molar-refractivity contribution >= 4 is 27.5 Å². The summed E-state index contributed by atoms with van der Waals surface area (Å²) in [5, 5.41) is 2.58. The fourth-order valence-corrected chi connectivity index (χ4v) is 3.91. The van der Waals surface area contributed by atoms with Crippen molar-refractivity contribution in [1.82, 2.24) is 4.31 Å². The molecule has 1 aromatic carbocycles. The molecule has 8 heteroatoms. The zero-order chi connectivity index (χ0) is 16.3. The molecular formula is C14H19N3O4S. The summed E-state index contributed by atoms with van der Waals surface area (Å²) in [6.45, 7) is 1.94. The summed E-state index contributed by atoms with van der Waals surface area (Å²) in [5.41, 5.74) is 5.79. The molecule has 1 saturated heterocycles. The fraction of sp³-hybridized carbons (Fsp3) is 0.429. The van der Waals surface area contributed by atoms with Crippen molar-refractivity contribution in [2.75, 3.05) is 18.4 Å². The Balaban J connectivity index is 2.10. The lowest BCUT2D eigenvalue weighted by Gasteiger charge is -2.29. The average molecular weight is 325 g/mol. The summed E-state index contributed by atoms with van der Waals surface area (Å²) in [6.07, 6.45) is 0.886. The number of amides is 2. The van der Waals surface area contributed by atoms with Crippen molar-refractivity contribution in [1.29, 1.82) is 0 Å². The number of primary amides is 1. The van der Waals surface area contributed by atoms with Crippen molar-refractivity contribution in [3.05, 3.63) is 24.3 Å². The van der Waals surface area contributed by atoms with Gasteiger partial charge in [0.1, 0.15) is 0 Å². The first-order chi connectivity index (χ1) is 10.3. The van der Waals surface area contributed by atoms with Gasteiger partial charge in [0, 0.05) is 31.6 Å². The molecule has 2 rings (SSSR count). The smallest absolute Gasteiger partial charge is 0.243 e. The van der Waals surface area contributed by atoms with Gasteiger partial charge in [0.2, 0.25) is 21.8 Å². The van der Waals surface area contributed by atoms with E-state index in [4.69, 9.17) is 5.73 Å². The van der Waals surface area contributed by atoms with Crippen molar-refractivity contribution in [3.8, 4) is 0 Å². The molecule has 0 unspecified atom stereocenters. The van der Waals surface area contributed by atoms with Crippen molar-refractivity contribution < 1.29 is 18.0 Å². The highest BCUT2D eigenvalue weighted by molar-refractivity contribution is 7.89. The van der Waals surface area contributed by atoms with Crippen LogP contribution in [0.15, 0.2) is 29.2 Å². The minimum Gasteiger partial charge on any atom is -0.369 e. The summed E-state index contributed by atoms with van der Waals surface area (Å²) in [5.74, 6) is -0.852. The van der Waals surface area contributed by atoms with Crippen LogP contribution in [0.25, 0.3) is 0 Å². The SMILES string of the molecule is CC(=O)Nc1ccc(S(=O)(=O)N2CCC(C(N)=O)CC2)cc1. The molecule has 0 saturated carbocycles. The third kappa shape index (κ3) is 3.63. The van der Waals surface area contributed by atoms with Crippen LogP contribution in [0.1, 0.15) is 19.8 Å². The summed E-state index contributed by atoms with van der Waals surface area (Å²) < 4.78 is 26.4. The molecule has 0 radical (unpaired) electrons. The molecule has 120 valence electrons. The zero-order valence-electron chi connectivity index (χ0n) is 12.3. The lowest BCUT2D eigenvalue weighted by molar-refractivity contribution is -0.122. The van der Waals surface area contributed by atoms with Gasteiger partial charge in [0.05, 0.1) is 4.90 Å². The first-order valence-corrected chi connectivity index (χ1v) is 8.42. The van der Waals surface area contributed by atoms with Crippen LogP contribution in [0.2, 0.25) is 0 Å². The number of hydrogen-bond acceptors (Lipinski definition) is 4. The minimum absolute atomic E-state index is 0.166. The summed E-state index contributed by atoms with van der Waals surface area (Å²) in [7, 11) is -3.59. The number of piperidine rings is 1. The van der Waals surface area contributed by atoms with E-state index >= 15 is 0 Å². The van der Waals surface area contributed by atoms with Gasteiger partial charge in [-0.25, -0.2) is 8.42 Å². The monoisotopic (exact) mass is 325 g/mol. The molecule has 7 nitrogen and oxygen atoms in total. The number of benzene rings is 1. The van der Waals surface area contributed by atoms with E-state index in [-0.39, 0.29) is 35.7 Å². The van der Waals surface area contributed by atoms with Gasteiger partial charge in [-0.2, -0.15) is 4.31 Å². The van der Waals surface area contributed by atoms with E-state index < -0.39 is 10.0 Å². The van der Waals surface area contributed by atoms with Crippen LogP contribution in [-0.4, -0.2) is 37.6 Å². The number of nitrogens with zero attached hydrogens (tertiary/aromatic N) is 1. The van der Waals surface area contributed by atoms with E-state index in [2.05, 4.69) is 5.32 Å². The normalized spacial score (nSPS) is 17.1. The van der Waals surface area contributed by atoms with Gasteiger partial charge < -0.3 is 11.1 Å². The maximum absolute atomic E-state index is 12.5. The van der Waals surface area contributed by atoms with Gasteiger partial charge in [-0.1, -0.05) is 0 Å². The van der Waals surface area contributed by atoms with Gasteiger partial charge in [0.15, 0.2) is 0 Å². The number of hydrogen-bond donors (Lipinski definition) is 2. The lowest BCUT2D eigenvalue weighted by Crippen LogP contribution is -2.41. The van der Waals surface area contributed by atoms with Gasteiger partial charge in [0.25, 0.3) is 0 Å². The van der Waals surface area contributed by atoms with Crippen molar-refractivity contribution in [2.45, 2.75) is 24.7 Å². The van der Waals surface area contributed by atoms with E-state index in [0.717, 1.165) is 0 Å². The van der Waals surface area contributed by atoms with Crippen LogP contribution >= 0.6 is 0 Å². The fourth-order valence-electron chi connectivity index (χ4n) is 2.44. The van der Waals surface area contributed by atoms with Gasteiger partial charge in [-0.15, -0.1) is 0 Å². The molecule has 1 aromatic rings. The van der Waals surface area contributed by atoms with Crippen LogP contribution in [0.3, 0.4) is 0 Å². The topological polar surface area (TPSA) is 110 Å². The Bertz CT molecular complexity index is 662. The second-order valence-corrected chi connectivity index (χ2v) is 7.22. The number of sulfonamides is 1. The number of carbonyl (C=O) groups excluding carboxylic acids is 2. The highest BCUT2D eigenvalue weighted by atomic mass is 32.2. The zero-order valence-corrected chi connectivity index (χ0v) is 13.1. The Morgan fingerprint density at radius 3 is 2.18 bits per heavy atom. The second-order valence-electron chi connectivity index (χ2n) is 5.29. The van der Waals surface area contributed by atoms with E-state index in [1.165, 1.54) is 23.4 Å². The predicted octanol–water partition coefficient (Wildman–Crippen LogP) is 0.531. The van der Waals surface area contributed by atoms with Gasteiger partial charge in [-0.3, -0.25) is 9.59 Å². The summed E-state index contributed by atoms with van der Waals surface area (Å²) in [6, 6.07) is 6.01. The number of anilines is 1. The predicted molar refractivity (Wildman–Crippen MR) is 81.4 cm³/mol. The van der Waals surface area contributed by atoms with Crippen LogP contribution in [0.4, 0.5) is 5.69 Å². The quantitative estimate of drug-likeness (QED) is 0.841. The number of nitrogens with two attached hydrogens (primary N) is 1. The molecule has 0 aliphatic carbocycles. The third-order valence-corrected chi connectivity index (χ3v) is 5.58. The Hall–Kier alpha value is -1.93. The Labute approximate surface area is 129 Å². The maximum Gasteiger partial charge on any atom is 0.243 e. The number of carbonyl (C=O) groups is 2. The Morgan fingerprint density at radius 2 is 1.73 bits per heavy atom. The van der Waals surface area contributed by atoms with E-state index in [1.807, 2.05) is 0 Å². The first kappa shape index (κ1) is 16.4. The molecule has 1 heterocycles. The molecule has 1 fully saturated rings.